The maximum absolute atomic E-state index is 10.9. The lowest BCUT2D eigenvalue weighted by Crippen LogP contribution is -1.95. The molecule has 17 heavy (non-hydrogen) atoms. The molecular weight excluding hydrogens is 300 g/mol. The highest BCUT2D eigenvalue weighted by molar-refractivity contribution is 8.82. The van der Waals surface area contributed by atoms with Gasteiger partial charge in [-0.1, -0.05) is 21.6 Å². The Morgan fingerprint density at radius 2 is 1.29 bits per heavy atom. The fraction of sp³-hybridized carbons (Fsp3) is 0.778. The minimum absolute atomic E-state index is 0.244. The summed E-state index contributed by atoms with van der Waals surface area (Å²) in [6.45, 7) is 4.40. The summed E-state index contributed by atoms with van der Waals surface area (Å²) in [5.74, 6) is 1.72. The van der Waals surface area contributed by atoms with E-state index in [0.29, 0.717) is 13.2 Å². The third-order valence-corrected chi connectivity index (χ3v) is 5.41. The summed E-state index contributed by atoms with van der Waals surface area (Å²) in [4.78, 5) is 21.9. The van der Waals surface area contributed by atoms with Gasteiger partial charge in [0.2, 0.25) is 0 Å². The van der Waals surface area contributed by atoms with Crippen molar-refractivity contribution in [1.29, 1.82) is 0 Å². The maximum atomic E-state index is 10.9. The zero-order valence-electron chi connectivity index (χ0n) is 9.80. The number of carbonyl (C=O) groups is 2. The molecule has 0 aliphatic heterocycles. The van der Waals surface area contributed by atoms with Crippen molar-refractivity contribution in [2.75, 3.05) is 24.7 Å². The van der Waals surface area contributed by atoms with Crippen LogP contribution in [0.3, 0.4) is 0 Å². The van der Waals surface area contributed by atoms with Crippen molar-refractivity contribution in [1.82, 2.24) is 0 Å². The van der Waals surface area contributed by atoms with E-state index in [0.717, 1.165) is 39.5 Å². The van der Waals surface area contributed by atoms with Gasteiger partial charge in [0.1, 0.15) is 0 Å². The smallest absolute Gasteiger partial charge is 0.378 e. The molecule has 0 aliphatic carbocycles. The molecule has 4 nitrogen and oxygen atoms in total. The Morgan fingerprint density at radius 1 is 0.882 bits per heavy atom. The van der Waals surface area contributed by atoms with E-state index in [1.807, 2.05) is 0 Å². The van der Waals surface area contributed by atoms with Crippen molar-refractivity contribution >= 4 is 53.8 Å². The average molecular weight is 316 g/mol. The Balaban J connectivity index is 3.18. The van der Waals surface area contributed by atoms with Crippen molar-refractivity contribution in [2.45, 2.75) is 20.3 Å². The molecule has 0 aromatic rings. The molecule has 0 amide bonds. The summed E-state index contributed by atoms with van der Waals surface area (Å²) in [5, 5.41) is -0.489. The summed E-state index contributed by atoms with van der Waals surface area (Å²) in [6.07, 6.45) is 0.939. The van der Waals surface area contributed by atoms with E-state index in [1.54, 1.807) is 13.8 Å². The molecule has 0 aliphatic rings. The van der Waals surface area contributed by atoms with Crippen LogP contribution in [0.5, 0.6) is 0 Å². The number of ether oxygens (including phenoxy) is 2. The van der Waals surface area contributed by atoms with Crippen molar-refractivity contribution in [3.63, 3.8) is 0 Å². The molecule has 0 aromatic carbocycles. The first kappa shape index (κ1) is 17.3. The van der Waals surface area contributed by atoms with E-state index < -0.39 is 0 Å². The van der Waals surface area contributed by atoms with Gasteiger partial charge in [0, 0.05) is 33.1 Å². The van der Waals surface area contributed by atoms with Gasteiger partial charge in [-0.2, -0.15) is 0 Å². The third kappa shape index (κ3) is 12.6. The van der Waals surface area contributed by atoms with E-state index in [4.69, 9.17) is 9.47 Å². The second kappa shape index (κ2) is 12.8. The van der Waals surface area contributed by atoms with Crippen LogP contribution < -0.4 is 0 Å². The van der Waals surface area contributed by atoms with Gasteiger partial charge in [-0.15, -0.1) is 0 Å². The van der Waals surface area contributed by atoms with E-state index in [2.05, 4.69) is 0 Å². The predicted octanol–water partition coefficient (Wildman–Crippen LogP) is 4.45. The highest BCUT2D eigenvalue weighted by Gasteiger charge is 2.04. The van der Waals surface area contributed by atoms with Crippen LogP contribution >= 0.6 is 43.2 Å². The SMILES string of the molecule is CCOC(=O)SSCCCSSC(=O)OCC. The van der Waals surface area contributed by atoms with Crippen LogP contribution in [-0.2, 0) is 9.47 Å². The zero-order valence-corrected chi connectivity index (χ0v) is 13.1. The Morgan fingerprint density at radius 3 is 1.65 bits per heavy atom. The lowest BCUT2D eigenvalue weighted by atomic mass is 10.6. The molecule has 0 saturated heterocycles. The Labute approximate surface area is 118 Å². The van der Waals surface area contributed by atoms with E-state index in [9.17, 15) is 9.59 Å². The topological polar surface area (TPSA) is 52.6 Å². The van der Waals surface area contributed by atoms with Gasteiger partial charge < -0.3 is 9.47 Å². The van der Waals surface area contributed by atoms with Gasteiger partial charge >= 0.3 is 10.6 Å². The molecule has 100 valence electrons. The Bertz CT molecular complexity index is 203. The number of carbonyl (C=O) groups excluding carboxylic acids is 2. The van der Waals surface area contributed by atoms with Crippen LogP contribution in [0, 0.1) is 0 Å². The number of hydrogen-bond acceptors (Lipinski definition) is 8. The van der Waals surface area contributed by atoms with Crippen LogP contribution in [-0.4, -0.2) is 35.3 Å². The van der Waals surface area contributed by atoms with Gasteiger partial charge in [-0.3, -0.25) is 0 Å². The maximum Gasteiger partial charge on any atom is 0.378 e. The fourth-order valence-corrected chi connectivity index (χ4v) is 4.11. The lowest BCUT2D eigenvalue weighted by Gasteiger charge is -2.01. The molecule has 8 heteroatoms. The molecule has 0 spiro atoms. The molecular formula is C9H16O4S4. The minimum Gasteiger partial charge on any atom is -0.457 e. The first-order chi connectivity index (χ1) is 8.20. The van der Waals surface area contributed by atoms with Gasteiger partial charge in [0.25, 0.3) is 0 Å². The van der Waals surface area contributed by atoms with E-state index >= 15 is 0 Å². The molecule has 0 saturated carbocycles. The van der Waals surface area contributed by atoms with Gasteiger partial charge in [-0.05, 0) is 20.3 Å². The Hall–Kier alpha value is 0.340. The summed E-state index contributed by atoms with van der Waals surface area (Å²) in [5.41, 5.74) is 0. The summed E-state index contributed by atoms with van der Waals surface area (Å²) in [7, 11) is 5.19. The number of rotatable bonds is 8. The Kier molecular flexibility index (Phi) is 13.0. The van der Waals surface area contributed by atoms with Crippen molar-refractivity contribution < 1.29 is 19.1 Å². The second-order valence-corrected chi connectivity index (χ2v) is 7.23. The van der Waals surface area contributed by atoms with Gasteiger partial charge in [0.15, 0.2) is 0 Å². The summed E-state index contributed by atoms with van der Waals surface area (Å²) in [6, 6.07) is 0. The predicted molar refractivity (Wildman–Crippen MR) is 78.8 cm³/mol. The second-order valence-electron chi connectivity index (χ2n) is 2.53. The standard InChI is InChI=1S/C9H16O4S4/c1-3-12-8(10)16-14-6-5-7-15-17-9(11)13-4-2/h3-7H2,1-2H3. The van der Waals surface area contributed by atoms with Crippen LogP contribution in [0.15, 0.2) is 0 Å². The average Bonchev–Trinajstić information content (AvgIpc) is 2.28. The highest BCUT2D eigenvalue weighted by atomic mass is 33.1. The van der Waals surface area contributed by atoms with E-state index in [1.165, 1.54) is 21.6 Å². The van der Waals surface area contributed by atoms with E-state index in [-0.39, 0.29) is 10.6 Å². The quantitative estimate of drug-likeness (QED) is 0.370. The number of hydrogen-bond donors (Lipinski definition) is 0. The van der Waals surface area contributed by atoms with Crippen molar-refractivity contribution in [3.8, 4) is 0 Å². The van der Waals surface area contributed by atoms with Gasteiger partial charge in [0.05, 0.1) is 13.2 Å². The third-order valence-electron chi connectivity index (χ3n) is 1.23. The molecule has 0 unspecified atom stereocenters. The first-order valence-corrected chi connectivity index (χ1v) is 9.76. The molecule has 0 radical (unpaired) electrons. The summed E-state index contributed by atoms with van der Waals surface area (Å²) < 4.78 is 9.52. The molecule has 0 rings (SSSR count). The zero-order chi connectivity index (χ0) is 12.9. The lowest BCUT2D eigenvalue weighted by molar-refractivity contribution is 0.181. The molecule has 0 N–H and O–H groups in total. The van der Waals surface area contributed by atoms with Crippen LogP contribution in [0.2, 0.25) is 0 Å². The molecule has 0 bridgehead atoms. The van der Waals surface area contributed by atoms with Crippen LogP contribution in [0.4, 0.5) is 9.59 Å². The van der Waals surface area contributed by atoms with Gasteiger partial charge in [-0.25, -0.2) is 9.59 Å². The largest absolute Gasteiger partial charge is 0.457 e. The van der Waals surface area contributed by atoms with Crippen LogP contribution in [0.1, 0.15) is 20.3 Å². The van der Waals surface area contributed by atoms with Crippen LogP contribution in [0.25, 0.3) is 0 Å². The highest BCUT2D eigenvalue weighted by Crippen LogP contribution is 2.28. The molecule has 0 atom stereocenters. The van der Waals surface area contributed by atoms with Crippen molar-refractivity contribution in [2.24, 2.45) is 0 Å². The monoisotopic (exact) mass is 316 g/mol. The minimum atomic E-state index is -0.244. The first-order valence-electron chi connectivity index (χ1n) is 5.13. The molecule has 0 fully saturated rings. The fourth-order valence-electron chi connectivity index (χ4n) is 0.640. The normalized spacial score (nSPS) is 10.0. The molecule has 0 heterocycles. The van der Waals surface area contributed by atoms with Crippen molar-refractivity contribution in [3.05, 3.63) is 0 Å². The summed E-state index contributed by atoms with van der Waals surface area (Å²) >= 11 is 0. The molecule has 0 aromatic heterocycles.